The van der Waals surface area contributed by atoms with Gasteiger partial charge in [-0.05, 0) is 25.6 Å². The zero-order valence-corrected chi connectivity index (χ0v) is 16.7. The number of fused-ring (bicyclic) bond motifs is 1. The maximum atomic E-state index is 10.5. The van der Waals surface area contributed by atoms with Crippen molar-refractivity contribution in [1.82, 2.24) is 24.8 Å². The second-order valence-corrected chi connectivity index (χ2v) is 7.30. The summed E-state index contributed by atoms with van der Waals surface area (Å²) in [5.74, 6) is 0.591. The predicted octanol–water partition coefficient (Wildman–Crippen LogP) is -0.443. The highest BCUT2D eigenvalue weighted by molar-refractivity contribution is 7.80. The normalized spacial score (nSPS) is 29.3. The molecule has 12 heteroatoms. The van der Waals surface area contributed by atoms with E-state index in [4.69, 9.17) is 26.4 Å². The van der Waals surface area contributed by atoms with E-state index in [1.165, 1.54) is 12.7 Å². The topological polar surface area (TPSA) is 136 Å². The number of hydrogen-bond donors (Lipinski definition) is 4. The summed E-state index contributed by atoms with van der Waals surface area (Å²) in [4.78, 5) is 13.0. The van der Waals surface area contributed by atoms with Gasteiger partial charge in [0.1, 0.15) is 31.2 Å². The van der Waals surface area contributed by atoms with Crippen LogP contribution in [0.4, 0.5) is 5.82 Å². The van der Waals surface area contributed by atoms with Crippen molar-refractivity contribution in [1.29, 1.82) is 0 Å². The van der Waals surface area contributed by atoms with E-state index in [2.05, 4.69) is 25.6 Å². The van der Waals surface area contributed by atoms with Gasteiger partial charge in [-0.15, -0.1) is 0 Å². The van der Waals surface area contributed by atoms with Gasteiger partial charge in [-0.3, -0.25) is 4.57 Å². The number of aliphatic hydroxyl groups excluding tert-OH is 2. The van der Waals surface area contributed by atoms with Gasteiger partial charge in [0.15, 0.2) is 23.2 Å². The molecule has 5 atom stereocenters. The largest absolute Gasteiger partial charge is 0.468 e. The van der Waals surface area contributed by atoms with Crippen LogP contribution in [-0.2, 0) is 14.2 Å². The summed E-state index contributed by atoms with van der Waals surface area (Å²) in [5.41, 5.74) is 1.04. The molecule has 5 unspecified atom stereocenters. The van der Waals surface area contributed by atoms with Gasteiger partial charge >= 0.3 is 0 Å². The molecule has 2 aromatic heterocycles. The number of anilines is 1. The van der Waals surface area contributed by atoms with Crippen LogP contribution in [0.25, 0.3) is 11.2 Å². The van der Waals surface area contributed by atoms with Crippen LogP contribution in [0.3, 0.4) is 0 Å². The molecule has 4 heterocycles. The van der Waals surface area contributed by atoms with Crippen LogP contribution in [0.1, 0.15) is 19.6 Å². The molecule has 2 aliphatic heterocycles. The van der Waals surface area contributed by atoms with Crippen LogP contribution >= 0.6 is 12.2 Å². The van der Waals surface area contributed by atoms with Gasteiger partial charge in [0, 0.05) is 13.2 Å². The lowest BCUT2D eigenvalue weighted by Crippen LogP contribution is -2.35. The molecule has 4 rings (SSSR count). The molecule has 4 N–H and O–H groups in total. The van der Waals surface area contributed by atoms with Gasteiger partial charge in [-0.1, -0.05) is 0 Å². The molecule has 2 aromatic rings. The maximum absolute atomic E-state index is 10.5. The minimum absolute atomic E-state index is 0.0106. The van der Waals surface area contributed by atoms with Crippen LogP contribution in [-0.4, -0.2) is 85.6 Å². The number of hydrogen-bond acceptors (Lipinski definition) is 10. The van der Waals surface area contributed by atoms with E-state index in [0.29, 0.717) is 36.7 Å². The van der Waals surface area contributed by atoms with E-state index >= 15 is 0 Å². The summed E-state index contributed by atoms with van der Waals surface area (Å²) in [6.45, 7) is 3.85. The summed E-state index contributed by atoms with van der Waals surface area (Å²) in [6, 6.07) is 0.162. The Hall–Kier alpha value is -2.12. The third kappa shape index (κ3) is 4.12. The number of rotatable bonds is 6. The van der Waals surface area contributed by atoms with Gasteiger partial charge in [0.05, 0.1) is 19.0 Å². The second kappa shape index (κ2) is 8.71. The number of thiocarbonyl (C=S) groups is 1. The molecule has 158 valence electrons. The van der Waals surface area contributed by atoms with Crippen molar-refractivity contribution in [3.63, 3.8) is 0 Å². The average Bonchev–Trinajstić information content (AvgIpc) is 3.43. The lowest BCUT2D eigenvalue weighted by atomic mass is 10.1. The fourth-order valence-corrected chi connectivity index (χ4v) is 3.65. The second-order valence-electron chi connectivity index (χ2n) is 6.93. The fraction of sp³-hybridized carbons (Fsp3) is 0.647. The molecule has 0 amide bonds. The highest BCUT2D eigenvalue weighted by Crippen LogP contribution is 2.32. The van der Waals surface area contributed by atoms with Crippen LogP contribution in [0, 0.1) is 0 Å². The van der Waals surface area contributed by atoms with Crippen molar-refractivity contribution in [2.24, 2.45) is 0 Å². The molecule has 0 bridgehead atoms. The van der Waals surface area contributed by atoms with Gasteiger partial charge in [-0.2, -0.15) is 0 Å². The van der Waals surface area contributed by atoms with E-state index in [1.54, 1.807) is 4.57 Å². The Labute approximate surface area is 172 Å². The summed E-state index contributed by atoms with van der Waals surface area (Å²) < 4.78 is 18.2. The Balaban J connectivity index is 1.51. The number of nitrogens with one attached hydrogen (secondary N) is 2. The molecule has 2 aliphatic rings. The zero-order chi connectivity index (χ0) is 20.4. The summed E-state index contributed by atoms with van der Waals surface area (Å²) in [6.07, 6.45) is -0.109. The number of imidazole rings is 1. The third-order valence-electron chi connectivity index (χ3n) is 4.94. The third-order valence-corrected chi connectivity index (χ3v) is 5.20. The predicted molar refractivity (Wildman–Crippen MR) is 106 cm³/mol. The molecule has 0 aromatic carbocycles. The Morgan fingerprint density at radius 3 is 2.97 bits per heavy atom. The number of nitrogens with zero attached hydrogens (tertiary/aromatic N) is 4. The first-order valence-corrected chi connectivity index (χ1v) is 9.93. The van der Waals surface area contributed by atoms with E-state index in [0.717, 1.165) is 6.42 Å². The summed E-state index contributed by atoms with van der Waals surface area (Å²) >= 11 is 5.02. The van der Waals surface area contributed by atoms with Crippen molar-refractivity contribution >= 4 is 34.4 Å². The van der Waals surface area contributed by atoms with Crippen LogP contribution < -0.4 is 10.6 Å². The van der Waals surface area contributed by atoms with Crippen molar-refractivity contribution < 1.29 is 24.4 Å². The van der Waals surface area contributed by atoms with E-state index < -0.39 is 24.5 Å². The van der Waals surface area contributed by atoms with Gasteiger partial charge in [0.25, 0.3) is 5.17 Å². The van der Waals surface area contributed by atoms with E-state index in [9.17, 15) is 10.2 Å². The summed E-state index contributed by atoms with van der Waals surface area (Å²) in [7, 11) is 0. The molecule has 11 nitrogen and oxygen atoms in total. The first kappa shape index (κ1) is 20.2. The quantitative estimate of drug-likeness (QED) is 0.449. The summed E-state index contributed by atoms with van der Waals surface area (Å²) in [5, 5.41) is 27.3. The van der Waals surface area contributed by atoms with Crippen molar-refractivity contribution in [3.8, 4) is 0 Å². The van der Waals surface area contributed by atoms with Crippen molar-refractivity contribution in [3.05, 3.63) is 12.7 Å². The Bertz CT molecular complexity index is 860. The molecule has 0 radical (unpaired) electrons. The van der Waals surface area contributed by atoms with E-state index in [1.807, 2.05) is 6.92 Å². The van der Waals surface area contributed by atoms with Gasteiger partial charge < -0.3 is 35.1 Å². The smallest absolute Gasteiger partial charge is 0.256 e. The minimum Gasteiger partial charge on any atom is -0.468 e. The molecule has 2 fully saturated rings. The standard InChI is InChI=1S/C17H24N6O5S/c1-2-18-17(29)27-6-10-12(24)13(25)16(28-10)23-8-21-11-14(19-7-20-15(11)23)22-9-3-4-26-5-9/h7-10,12-13,16,24-25H,2-6H2,1H3,(H,18,29)(H,19,20,22). The number of aliphatic hydroxyl groups is 2. The number of ether oxygens (including phenoxy) is 3. The Morgan fingerprint density at radius 2 is 2.21 bits per heavy atom. The van der Waals surface area contributed by atoms with Crippen molar-refractivity contribution in [2.75, 3.05) is 31.7 Å². The van der Waals surface area contributed by atoms with E-state index in [-0.39, 0.29) is 17.8 Å². The highest BCUT2D eigenvalue weighted by Gasteiger charge is 2.44. The lowest BCUT2D eigenvalue weighted by molar-refractivity contribution is -0.0491. The monoisotopic (exact) mass is 424 g/mol. The maximum Gasteiger partial charge on any atom is 0.256 e. The van der Waals surface area contributed by atoms with Crippen LogP contribution in [0.5, 0.6) is 0 Å². The Morgan fingerprint density at radius 1 is 1.34 bits per heavy atom. The first-order valence-electron chi connectivity index (χ1n) is 9.52. The number of aromatic nitrogens is 4. The van der Waals surface area contributed by atoms with Crippen molar-refractivity contribution in [2.45, 2.75) is 43.9 Å². The lowest BCUT2D eigenvalue weighted by Gasteiger charge is -2.17. The molecular weight excluding hydrogens is 400 g/mol. The molecule has 2 saturated heterocycles. The molecule has 29 heavy (non-hydrogen) atoms. The molecule has 0 spiro atoms. The van der Waals surface area contributed by atoms with Crippen LogP contribution in [0.15, 0.2) is 12.7 Å². The first-order chi connectivity index (χ1) is 14.1. The average molecular weight is 424 g/mol. The Kier molecular flexibility index (Phi) is 6.06. The van der Waals surface area contributed by atoms with Gasteiger partial charge in [0.2, 0.25) is 0 Å². The molecule has 0 saturated carbocycles. The zero-order valence-electron chi connectivity index (χ0n) is 15.9. The molecule has 0 aliphatic carbocycles. The highest BCUT2D eigenvalue weighted by atomic mass is 32.1. The fourth-order valence-electron chi connectivity index (χ4n) is 3.44. The SMILES string of the molecule is CCNC(=S)OCC1OC(n2cnc3c(NC4CCOC4)ncnc32)C(O)C1O. The molecular formula is C17H24N6O5S. The van der Waals surface area contributed by atoms with Gasteiger partial charge in [-0.25, -0.2) is 15.0 Å². The van der Waals surface area contributed by atoms with Crippen LogP contribution in [0.2, 0.25) is 0 Å². The minimum atomic E-state index is -1.18.